The summed E-state index contributed by atoms with van der Waals surface area (Å²) in [7, 11) is -3.54. The molecule has 1 N–H and O–H groups in total. The van der Waals surface area contributed by atoms with Gasteiger partial charge >= 0.3 is 0 Å². The van der Waals surface area contributed by atoms with Gasteiger partial charge in [-0.3, -0.25) is 0 Å². The molecular weight excluding hydrogens is 342 g/mol. The van der Waals surface area contributed by atoms with Gasteiger partial charge in [-0.1, -0.05) is 56.6 Å². The molecule has 2 aromatic carbocycles. The molecule has 0 bridgehead atoms. The Bertz CT molecular complexity index is 812. The van der Waals surface area contributed by atoms with Gasteiger partial charge in [0, 0.05) is 11.6 Å². The molecule has 0 heterocycles. The zero-order valence-electron chi connectivity index (χ0n) is 14.6. The van der Waals surface area contributed by atoms with Crippen molar-refractivity contribution < 1.29 is 8.42 Å². The summed E-state index contributed by atoms with van der Waals surface area (Å²) in [6.07, 6.45) is 0.992. The summed E-state index contributed by atoms with van der Waals surface area (Å²) in [5, 5.41) is 0.637. The molecule has 5 heteroatoms. The van der Waals surface area contributed by atoms with Crippen molar-refractivity contribution in [2.24, 2.45) is 0 Å². The first-order valence-electron chi connectivity index (χ1n) is 8.01. The van der Waals surface area contributed by atoms with Crippen LogP contribution in [0, 0.1) is 6.92 Å². The number of aryl methyl sites for hydroxylation is 1. The van der Waals surface area contributed by atoms with Crippen LogP contribution >= 0.6 is 11.6 Å². The van der Waals surface area contributed by atoms with Crippen molar-refractivity contribution in [1.82, 2.24) is 4.72 Å². The van der Waals surface area contributed by atoms with Gasteiger partial charge in [0.05, 0.1) is 4.90 Å². The summed E-state index contributed by atoms with van der Waals surface area (Å²) < 4.78 is 27.5. The monoisotopic (exact) mass is 365 g/mol. The van der Waals surface area contributed by atoms with Gasteiger partial charge in [-0.05, 0) is 53.6 Å². The highest BCUT2D eigenvalue weighted by Gasteiger charge is 2.20. The molecular formula is C19H24ClNO2S. The summed E-state index contributed by atoms with van der Waals surface area (Å²) in [6.45, 7) is 8.55. The Kier molecular flexibility index (Phi) is 5.74. The van der Waals surface area contributed by atoms with E-state index in [2.05, 4.69) is 25.5 Å². The van der Waals surface area contributed by atoms with Crippen molar-refractivity contribution in [3.63, 3.8) is 0 Å². The lowest BCUT2D eigenvalue weighted by atomic mass is 9.82. The molecule has 0 saturated heterocycles. The number of halogens is 1. The van der Waals surface area contributed by atoms with Crippen LogP contribution in [0.15, 0.2) is 47.4 Å². The first-order valence-corrected chi connectivity index (χ1v) is 9.87. The summed E-state index contributed by atoms with van der Waals surface area (Å²) in [5.74, 6) is 0. The van der Waals surface area contributed by atoms with Crippen LogP contribution in [0.5, 0.6) is 0 Å². The Morgan fingerprint density at radius 2 is 1.71 bits per heavy atom. The number of hydrogen-bond acceptors (Lipinski definition) is 2. The van der Waals surface area contributed by atoms with Gasteiger partial charge in [-0.2, -0.15) is 0 Å². The van der Waals surface area contributed by atoms with E-state index in [0.29, 0.717) is 5.02 Å². The Morgan fingerprint density at radius 1 is 1.08 bits per heavy atom. The lowest BCUT2D eigenvalue weighted by Gasteiger charge is -2.23. The van der Waals surface area contributed by atoms with E-state index in [1.165, 1.54) is 0 Å². The van der Waals surface area contributed by atoms with Gasteiger partial charge in [0.1, 0.15) is 0 Å². The van der Waals surface area contributed by atoms with E-state index in [1.807, 2.05) is 31.2 Å². The third kappa shape index (κ3) is 4.38. The first kappa shape index (κ1) is 19.0. The van der Waals surface area contributed by atoms with Gasteiger partial charge in [0.15, 0.2) is 0 Å². The standard InChI is InChI=1S/C19H24ClNO2S/c1-5-19(3,4)16-8-10-17(11-9-16)24(22,23)21-13-15-7-6-14(2)18(20)12-15/h6-12,21H,5,13H2,1-4H3. The second-order valence-corrected chi connectivity index (χ2v) is 8.84. The molecule has 3 nitrogen and oxygen atoms in total. The highest BCUT2D eigenvalue weighted by molar-refractivity contribution is 7.89. The lowest BCUT2D eigenvalue weighted by molar-refractivity contribution is 0.505. The smallest absolute Gasteiger partial charge is 0.207 e. The van der Waals surface area contributed by atoms with Gasteiger partial charge in [0.2, 0.25) is 10.0 Å². The van der Waals surface area contributed by atoms with Crippen molar-refractivity contribution in [3.05, 3.63) is 64.2 Å². The molecule has 2 aromatic rings. The Balaban J connectivity index is 2.14. The third-order valence-corrected chi connectivity index (χ3v) is 6.36. The van der Waals surface area contributed by atoms with Crippen molar-refractivity contribution in [3.8, 4) is 0 Å². The molecule has 0 atom stereocenters. The zero-order valence-corrected chi connectivity index (χ0v) is 16.1. The van der Waals surface area contributed by atoms with E-state index in [0.717, 1.165) is 23.1 Å². The van der Waals surface area contributed by atoms with Gasteiger partial charge in [0.25, 0.3) is 0 Å². The Morgan fingerprint density at radius 3 is 2.25 bits per heavy atom. The number of sulfonamides is 1. The number of rotatable bonds is 6. The minimum atomic E-state index is -3.54. The van der Waals surface area contributed by atoms with Crippen LogP contribution in [0.2, 0.25) is 5.02 Å². The Hall–Kier alpha value is -1.36. The minimum Gasteiger partial charge on any atom is -0.207 e. The van der Waals surface area contributed by atoms with Crippen LogP contribution in [0.25, 0.3) is 0 Å². The quantitative estimate of drug-likeness (QED) is 0.798. The van der Waals surface area contributed by atoms with Crippen LogP contribution in [0.4, 0.5) is 0 Å². The minimum absolute atomic E-state index is 0.0361. The van der Waals surface area contributed by atoms with E-state index < -0.39 is 10.0 Å². The second-order valence-electron chi connectivity index (χ2n) is 6.67. The maximum absolute atomic E-state index is 12.4. The maximum atomic E-state index is 12.4. The predicted molar refractivity (Wildman–Crippen MR) is 100.0 cm³/mol. The van der Waals surface area contributed by atoms with Gasteiger partial charge in [-0.15, -0.1) is 0 Å². The number of benzene rings is 2. The first-order chi connectivity index (χ1) is 11.2. The molecule has 0 spiro atoms. The maximum Gasteiger partial charge on any atom is 0.240 e. The van der Waals surface area contributed by atoms with Crippen LogP contribution in [-0.2, 0) is 22.0 Å². The molecule has 0 radical (unpaired) electrons. The third-order valence-electron chi connectivity index (χ3n) is 4.53. The normalized spacial score (nSPS) is 12.4. The van der Waals surface area contributed by atoms with Crippen LogP contribution < -0.4 is 4.72 Å². The van der Waals surface area contributed by atoms with E-state index in [1.54, 1.807) is 18.2 Å². The van der Waals surface area contributed by atoms with Gasteiger partial charge < -0.3 is 0 Å². The van der Waals surface area contributed by atoms with Crippen LogP contribution in [0.1, 0.15) is 43.9 Å². The molecule has 0 aromatic heterocycles. The topological polar surface area (TPSA) is 46.2 Å². The van der Waals surface area contributed by atoms with E-state index in [9.17, 15) is 8.42 Å². The predicted octanol–water partition coefficient (Wildman–Crippen LogP) is 4.81. The molecule has 0 aliphatic carbocycles. The molecule has 0 amide bonds. The van der Waals surface area contributed by atoms with Crippen LogP contribution in [-0.4, -0.2) is 8.42 Å². The fourth-order valence-electron chi connectivity index (χ4n) is 2.30. The summed E-state index contributed by atoms with van der Waals surface area (Å²) in [6, 6.07) is 12.6. The van der Waals surface area contributed by atoms with E-state index >= 15 is 0 Å². The average molecular weight is 366 g/mol. The molecule has 2 rings (SSSR count). The van der Waals surface area contributed by atoms with Crippen molar-refractivity contribution >= 4 is 21.6 Å². The molecule has 0 unspecified atom stereocenters. The summed E-state index contributed by atoms with van der Waals surface area (Å²) >= 11 is 6.08. The van der Waals surface area contributed by atoms with Crippen molar-refractivity contribution in [1.29, 1.82) is 0 Å². The average Bonchev–Trinajstić information content (AvgIpc) is 2.56. The summed E-state index contributed by atoms with van der Waals surface area (Å²) in [4.78, 5) is 0.274. The van der Waals surface area contributed by atoms with E-state index in [4.69, 9.17) is 11.6 Å². The van der Waals surface area contributed by atoms with Crippen molar-refractivity contribution in [2.45, 2.75) is 51.0 Å². The van der Waals surface area contributed by atoms with Crippen molar-refractivity contribution in [2.75, 3.05) is 0 Å². The van der Waals surface area contributed by atoms with Crippen LogP contribution in [0.3, 0.4) is 0 Å². The fraction of sp³-hybridized carbons (Fsp3) is 0.368. The summed E-state index contributed by atoms with van der Waals surface area (Å²) in [5.41, 5.74) is 2.97. The molecule has 24 heavy (non-hydrogen) atoms. The molecule has 0 aliphatic heterocycles. The molecule has 0 fully saturated rings. The number of hydrogen-bond donors (Lipinski definition) is 1. The largest absolute Gasteiger partial charge is 0.240 e. The lowest BCUT2D eigenvalue weighted by Crippen LogP contribution is -2.23. The number of nitrogens with one attached hydrogen (secondary N) is 1. The second kappa shape index (κ2) is 7.26. The fourth-order valence-corrected chi connectivity index (χ4v) is 3.52. The highest BCUT2D eigenvalue weighted by Crippen LogP contribution is 2.27. The highest BCUT2D eigenvalue weighted by atomic mass is 35.5. The molecule has 130 valence electrons. The molecule has 0 saturated carbocycles. The molecule has 0 aliphatic rings. The zero-order chi connectivity index (χ0) is 18.0. The SMILES string of the molecule is CCC(C)(C)c1ccc(S(=O)(=O)NCc2ccc(C)c(Cl)c2)cc1. The Labute approximate surface area is 150 Å². The van der Waals surface area contributed by atoms with Gasteiger partial charge in [-0.25, -0.2) is 13.1 Å². The van der Waals surface area contributed by atoms with E-state index in [-0.39, 0.29) is 16.9 Å².